The molecule has 0 atom stereocenters. The van der Waals surface area contributed by atoms with Crippen molar-refractivity contribution in [1.29, 1.82) is 0 Å². The van der Waals surface area contributed by atoms with Crippen molar-refractivity contribution in [3.05, 3.63) is 56.7 Å². The summed E-state index contributed by atoms with van der Waals surface area (Å²) in [6, 6.07) is 9.54. The number of nitrogens with zero attached hydrogens (tertiary/aromatic N) is 1. The predicted octanol–water partition coefficient (Wildman–Crippen LogP) is 3.98. The van der Waals surface area contributed by atoms with Gasteiger partial charge in [-0.2, -0.15) is 0 Å². The fraction of sp³-hybridized carbons (Fsp3) is 0.214. The molecule has 0 aliphatic heterocycles. The zero-order valence-electron chi connectivity index (χ0n) is 10.3. The minimum absolute atomic E-state index is 0.0578. The number of carbonyl (C=O) groups is 1. The Morgan fingerprint density at radius 2 is 2.17 bits per heavy atom. The van der Waals surface area contributed by atoms with Crippen LogP contribution in [0.4, 0.5) is 0 Å². The van der Waals surface area contributed by atoms with Crippen molar-refractivity contribution in [2.75, 3.05) is 7.05 Å². The average molecular weight is 280 g/mol. The number of benzene rings is 1. The Labute approximate surface area is 116 Å². The lowest BCUT2D eigenvalue weighted by atomic mass is 10.2. The lowest BCUT2D eigenvalue weighted by Crippen LogP contribution is -2.25. The molecular weight excluding hydrogens is 266 g/mol. The zero-order valence-corrected chi connectivity index (χ0v) is 11.9. The maximum absolute atomic E-state index is 12.2. The van der Waals surface area contributed by atoms with E-state index in [0.717, 1.165) is 16.0 Å². The number of hydrogen-bond donors (Lipinski definition) is 0. The summed E-state index contributed by atoms with van der Waals surface area (Å²) >= 11 is 7.41. The normalized spacial score (nSPS) is 10.4. The molecule has 2 rings (SSSR count). The SMILES string of the molecule is Cc1ccsc1C(=O)N(C)Cc1cccc(Cl)c1. The number of halogens is 1. The molecule has 2 aromatic rings. The lowest BCUT2D eigenvalue weighted by molar-refractivity contribution is 0.0789. The molecule has 94 valence electrons. The van der Waals surface area contributed by atoms with Crippen LogP contribution < -0.4 is 0 Å². The average Bonchev–Trinajstić information content (AvgIpc) is 2.74. The maximum Gasteiger partial charge on any atom is 0.264 e. The van der Waals surface area contributed by atoms with E-state index in [-0.39, 0.29) is 5.91 Å². The second-order valence-electron chi connectivity index (χ2n) is 4.22. The molecule has 0 unspecified atom stereocenters. The van der Waals surface area contributed by atoms with E-state index < -0.39 is 0 Å². The summed E-state index contributed by atoms with van der Waals surface area (Å²) < 4.78 is 0. The summed E-state index contributed by atoms with van der Waals surface area (Å²) in [6.07, 6.45) is 0. The van der Waals surface area contributed by atoms with Gasteiger partial charge in [-0.1, -0.05) is 23.7 Å². The van der Waals surface area contributed by atoms with Crippen LogP contribution in [0.15, 0.2) is 35.7 Å². The third-order valence-electron chi connectivity index (χ3n) is 2.71. The number of aryl methyl sites for hydroxylation is 1. The van der Waals surface area contributed by atoms with Crippen LogP contribution in [0, 0.1) is 6.92 Å². The molecule has 1 aromatic heterocycles. The Kier molecular flexibility index (Phi) is 4.04. The van der Waals surface area contributed by atoms with Gasteiger partial charge >= 0.3 is 0 Å². The van der Waals surface area contributed by atoms with Crippen molar-refractivity contribution in [1.82, 2.24) is 4.90 Å². The number of thiophene rings is 1. The van der Waals surface area contributed by atoms with Crippen molar-refractivity contribution in [2.24, 2.45) is 0 Å². The fourth-order valence-corrected chi connectivity index (χ4v) is 2.88. The maximum atomic E-state index is 12.2. The van der Waals surface area contributed by atoms with Crippen LogP contribution in [0.5, 0.6) is 0 Å². The molecule has 0 bridgehead atoms. The van der Waals surface area contributed by atoms with Gasteiger partial charge < -0.3 is 4.90 Å². The molecule has 0 saturated carbocycles. The van der Waals surface area contributed by atoms with E-state index in [9.17, 15) is 4.79 Å². The quantitative estimate of drug-likeness (QED) is 0.832. The minimum Gasteiger partial charge on any atom is -0.337 e. The summed E-state index contributed by atoms with van der Waals surface area (Å²) in [7, 11) is 1.81. The van der Waals surface area contributed by atoms with Crippen molar-refractivity contribution in [3.63, 3.8) is 0 Å². The predicted molar refractivity (Wildman–Crippen MR) is 76.3 cm³/mol. The highest BCUT2D eigenvalue weighted by atomic mass is 35.5. The van der Waals surface area contributed by atoms with Crippen LogP contribution in [0.3, 0.4) is 0 Å². The second-order valence-corrected chi connectivity index (χ2v) is 5.58. The van der Waals surface area contributed by atoms with Crippen LogP contribution in [0.25, 0.3) is 0 Å². The van der Waals surface area contributed by atoms with E-state index in [4.69, 9.17) is 11.6 Å². The Morgan fingerprint density at radius 3 is 2.78 bits per heavy atom. The van der Waals surface area contributed by atoms with Crippen molar-refractivity contribution < 1.29 is 4.79 Å². The number of amides is 1. The van der Waals surface area contributed by atoms with Gasteiger partial charge in [0, 0.05) is 18.6 Å². The smallest absolute Gasteiger partial charge is 0.264 e. The zero-order chi connectivity index (χ0) is 13.1. The summed E-state index contributed by atoms with van der Waals surface area (Å²) in [4.78, 5) is 14.7. The van der Waals surface area contributed by atoms with Gasteiger partial charge in [0.15, 0.2) is 0 Å². The third kappa shape index (κ3) is 2.92. The number of carbonyl (C=O) groups excluding carboxylic acids is 1. The molecule has 0 radical (unpaired) electrons. The summed E-state index contributed by atoms with van der Waals surface area (Å²) in [5.41, 5.74) is 2.07. The molecule has 0 aliphatic rings. The van der Waals surface area contributed by atoms with Crippen molar-refractivity contribution >= 4 is 28.8 Å². The molecule has 1 heterocycles. The van der Waals surface area contributed by atoms with Crippen molar-refractivity contribution in [2.45, 2.75) is 13.5 Å². The first-order valence-corrected chi connectivity index (χ1v) is 6.87. The Hall–Kier alpha value is -1.32. The van der Waals surface area contributed by atoms with Crippen molar-refractivity contribution in [3.8, 4) is 0 Å². The van der Waals surface area contributed by atoms with Gasteiger partial charge in [0.2, 0.25) is 0 Å². The van der Waals surface area contributed by atoms with Crippen LogP contribution in [0.1, 0.15) is 20.8 Å². The first-order chi connectivity index (χ1) is 8.58. The van der Waals surface area contributed by atoms with Gasteiger partial charge in [-0.15, -0.1) is 11.3 Å². The fourth-order valence-electron chi connectivity index (χ4n) is 1.75. The summed E-state index contributed by atoms with van der Waals surface area (Å²) in [6.45, 7) is 2.52. The molecule has 1 amide bonds. The topological polar surface area (TPSA) is 20.3 Å². The van der Waals surface area contributed by atoms with Gasteiger partial charge in [0.1, 0.15) is 0 Å². The highest BCUT2D eigenvalue weighted by Gasteiger charge is 2.15. The van der Waals surface area contributed by atoms with Gasteiger partial charge in [0.25, 0.3) is 5.91 Å². The highest BCUT2D eigenvalue weighted by molar-refractivity contribution is 7.12. The van der Waals surface area contributed by atoms with E-state index in [1.807, 2.05) is 49.7 Å². The van der Waals surface area contributed by atoms with E-state index >= 15 is 0 Å². The van der Waals surface area contributed by atoms with E-state index in [0.29, 0.717) is 11.6 Å². The van der Waals surface area contributed by atoms with Gasteiger partial charge in [0.05, 0.1) is 4.88 Å². The van der Waals surface area contributed by atoms with Gasteiger partial charge in [-0.25, -0.2) is 0 Å². The minimum atomic E-state index is 0.0578. The Balaban J connectivity index is 2.11. The molecule has 0 saturated heterocycles. The van der Waals surface area contributed by atoms with E-state index in [1.54, 1.807) is 4.90 Å². The van der Waals surface area contributed by atoms with Gasteiger partial charge in [-0.3, -0.25) is 4.79 Å². The first-order valence-electron chi connectivity index (χ1n) is 5.62. The Bertz CT molecular complexity index is 564. The van der Waals surface area contributed by atoms with Crippen LogP contribution in [-0.2, 0) is 6.54 Å². The van der Waals surface area contributed by atoms with E-state index in [1.165, 1.54) is 11.3 Å². The molecule has 0 aliphatic carbocycles. The van der Waals surface area contributed by atoms with Crippen LogP contribution in [0.2, 0.25) is 5.02 Å². The first kappa shape index (κ1) is 13.1. The van der Waals surface area contributed by atoms with E-state index in [2.05, 4.69) is 0 Å². The second kappa shape index (κ2) is 5.55. The highest BCUT2D eigenvalue weighted by Crippen LogP contribution is 2.19. The molecule has 18 heavy (non-hydrogen) atoms. The Morgan fingerprint density at radius 1 is 1.39 bits per heavy atom. The lowest BCUT2D eigenvalue weighted by Gasteiger charge is -2.17. The summed E-state index contributed by atoms with van der Waals surface area (Å²) in [5, 5.41) is 2.64. The number of rotatable bonds is 3. The van der Waals surface area contributed by atoms with Gasteiger partial charge in [-0.05, 0) is 41.6 Å². The summed E-state index contributed by atoms with van der Waals surface area (Å²) in [5.74, 6) is 0.0578. The molecule has 1 aromatic carbocycles. The molecular formula is C14H14ClNOS. The third-order valence-corrected chi connectivity index (χ3v) is 3.95. The van der Waals surface area contributed by atoms with Crippen LogP contribution >= 0.6 is 22.9 Å². The standard InChI is InChI=1S/C14H14ClNOS/c1-10-6-7-18-13(10)14(17)16(2)9-11-4-3-5-12(15)8-11/h3-8H,9H2,1-2H3. The number of hydrogen-bond acceptors (Lipinski definition) is 2. The molecule has 4 heteroatoms. The molecule has 0 N–H and O–H groups in total. The molecule has 0 spiro atoms. The largest absolute Gasteiger partial charge is 0.337 e. The molecule has 0 fully saturated rings. The monoisotopic (exact) mass is 279 g/mol. The molecule has 2 nitrogen and oxygen atoms in total. The van der Waals surface area contributed by atoms with Crippen LogP contribution in [-0.4, -0.2) is 17.9 Å².